The second-order valence-electron chi connectivity index (χ2n) is 5.69. The van der Waals surface area contributed by atoms with Crippen molar-refractivity contribution in [2.24, 2.45) is 5.92 Å². The zero-order valence-corrected chi connectivity index (χ0v) is 11.8. The smallest absolute Gasteiger partial charge is 0.245 e. The summed E-state index contributed by atoms with van der Waals surface area (Å²) in [5.74, 6) is 0.336. The lowest BCUT2D eigenvalue weighted by molar-refractivity contribution is -0.143. The molecule has 0 bridgehead atoms. The van der Waals surface area contributed by atoms with Gasteiger partial charge in [-0.25, -0.2) is 0 Å². The predicted molar refractivity (Wildman–Crippen MR) is 71.4 cm³/mol. The molecular weight excluding hydrogens is 244 g/mol. The minimum atomic E-state index is -0.369. The maximum atomic E-state index is 12.5. The van der Waals surface area contributed by atoms with Gasteiger partial charge >= 0.3 is 0 Å². The van der Waals surface area contributed by atoms with Crippen molar-refractivity contribution in [3.63, 3.8) is 0 Å². The fourth-order valence-corrected chi connectivity index (χ4v) is 3.12. The van der Waals surface area contributed by atoms with Gasteiger partial charge in [-0.15, -0.1) is 0 Å². The number of rotatable bonds is 4. The maximum absolute atomic E-state index is 12.5. The highest BCUT2D eigenvalue weighted by Crippen LogP contribution is 2.23. The number of nitrogens with zero attached hydrogens (tertiary/aromatic N) is 2. The van der Waals surface area contributed by atoms with Crippen LogP contribution in [-0.4, -0.2) is 58.5 Å². The second-order valence-corrected chi connectivity index (χ2v) is 5.69. The lowest BCUT2D eigenvalue weighted by Gasteiger charge is -2.30. The minimum Gasteiger partial charge on any atom is -0.393 e. The van der Waals surface area contributed by atoms with Crippen molar-refractivity contribution < 1.29 is 14.7 Å². The molecule has 3 atom stereocenters. The van der Waals surface area contributed by atoms with E-state index in [1.807, 2.05) is 11.8 Å². The SMILES string of the molecule is CCC(C(=O)N1CCC(C(C)O)C1)N1CCCC1=O. The first kappa shape index (κ1) is 14.3. The van der Waals surface area contributed by atoms with Crippen LogP contribution in [0.4, 0.5) is 0 Å². The summed E-state index contributed by atoms with van der Waals surface area (Å²) in [5.41, 5.74) is 0. The van der Waals surface area contributed by atoms with Crippen LogP contribution in [0.5, 0.6) is 0 Å². The Balaban J connectivity index is 1.99. The molecule has 2 fully saturated rings. The zero-order chi connectivity index (χ0) is 14.0. The molecule has 19 heavy (non-hydrogen) atoms. The molecule has 0 aromatic rings. The topological polar surface area (TPSA) is 60.9 Å². The Morgan fingerprint density at radius 1 is 1.47 bits per heavy atom. The molecule has 2 saturated heterocycles. The van der Waals surface area contributed by atoms with Gasteiger partial charge in [-0.05, 0) is 26.2 Å². The third-order valence-corrected chi connectivity index (χ3v) is 4.38. The Kier molecular flexibility index (Phi) is 4.45. The Bertz CT molecular complexity index is 357. The number of hydrogen-bond acceptors (Lipinski definition) is 3. The molecule has 2 aliphatic heterocycles. The van der Waals surface area contributed by atoms with Crippen molar-refractivity contribution in [1.82, 2.24) is 9.80 Å². The van der Waals surface area contributed by atoms with Gasteiger partial charge in [-0.2, -0.15) is 0 Å². The van der Waals surface area contributed by atoms with Crippen molar-refractivity contribution in [2.45, 2.75) is 51.7 Å². The third kappa shape index (κ3) is 2.91. The lowest BCUT2D eigenvalue weighted by Crippen LogP contribution is -2.48. The molecule has 5 nitrogen and oxygen atoms in total. The average Bonchev–Trinajstić information content (AvgIpc) is 3.00. The van der Waals surface area contributed by atoms with Gasteiger partial charge in [-0.1, -0.05) is 6.92 Å². The van der Waals surface area contributed by atoms with Crippen LogP contribution >= 0.6 is 0 Å². The Morgan fingerprint density at radius 2 is 2.21 bits per heavy atom. The van der Waals surface area contributed by atoms with E-state index in [2.05, 4.69) is 0 Å². The Morgan fingerprint density at radius 3 is 2.68 bits per heavy atom. The number of likely N-dealkylation sites (tertiary alicyclic amines) is 2. The Hall–Kier alpha value is -1.10. The quantitative estimate of drug-likeness (QED) is 0.813. The predicted octanol–water partition coefficient (Wildman–Crippen LogP) is 0.617. The van der Waals surface area contributed by atoms with Crippen LogP contribution in [0.2, 0.25) is 0 Å². The van der Waals surface area contributed by atoms with E-state index < -0.39 is 0 Å². The molecule has 2 amide bonds. The van der Waals surface area contributed by atoms with Crippen LogP contribution in [0.15, 0.2) is 0 Å². The average molecular weight is 268 g/mol. The number of carbonyl (C=O) groups excluding carboxylic acids is 2. The van der Waals surface area contributed by atoms with Crippen LogP contribution in [0.25, 0.3) is 0 Å². The molecule has 0 aromatic carbocycles. The normalized spacial score (nSPS) is 26.9. The highest BCUT2D eigenvalue weighted by atomic mass is 16.3. The minimum absolute atomic E-state index is 0.0564. The summed E-state index contributed by atoms with van der Waals surface area (Å²) >= 11 is 0. The molecule has 0 saturated carbocycles. The van der Waals surface area contributed by atoms with E-state index in [1.54, 1.807) is 11.8 Å². The largest absolute Gasteiger partial charge is 0.393 e. The van der Waals surface area contributed by atoms with E-state index in [1.165, 1.54) is 0 Å². The van der Waals surface area contributed by atoms with E-state index in [0.717, 1.165) is 12.8 Å². The molecule has 1 N–H and O–H groups in total. The van der Waals surface area contributed by atoms with Crippen LogP contribution < -0.4 is 0 Å². The first-order chi connectivity index (χ1) is 9.04. The van der Waals surface area contributed by atoms with Crippen LogP contribution in [0.1, 0.15) is 39.5 Å². The van der Waals surface area contributed by atoms with Crippen LogP contribution in [0.3, 0.4) is 0 Å². The Labute approximate surface area is 114 Å². The second kappa shape index (κ2) is 5.90. The van der Waals surface area contributed by atoms with Gasteiger partial charge in [0, 0.05) is 32.0 Å². The molecule has 2 heterocycles. The van der Waals surface area contributed by atoms with Gasteiger partial charge in [0.05, 0.1) is 6.10 Å². The van der Waals surface area contributed by atoms with Gasteiger partial charge < -0.3 is 14.9 Å². The van der Waals surface area contributed by atoms with Gasteiger partial charge in [0.1, 0.15) is 6.04 Å². The number of aliphatic hydroxyl groups excluding tert-OH is 1. The van der Waals surface area contributed by atoms with E-state index in [-0.39, 0.29) is 29.9 Å². The van der Waals surface area contributed by atoms with Crippen molar-refractivity contribution in [2.75, 3.05) is 19.6 Å². The summed E-state index contributed by atoms with van der Waals surface area (Å²) < 4.78 is 0. The van der Waals surface area contributed by atoms with Gasteiger partial charge in [0.15, 0.2) is 0 Å². The first-order valence-electron chi connectivity index (χ1n) is 7.31. The standard InChI is InChI=1S/C14H24N2O3/c1-3-12(16-7-4-5-13(16)18)14(19)15-8-6-11(9-15)10(2)17/h10-12,17H,3-9H2,1-2H3. The highest BCUT2D eigenvalue weighted by molar-refractivity contribution is 5.88. The van der Waals surface area contributed by atoms with Crippen LogP contribution in [-0.2, 0) is 9.59 Å². The fraction of sp³-hybridized carbons (Fsp3) is 0.857. The van der Waals surface area contributed by atoms with Crippen molar-refractivity contribution in [1.29, 1.82) is 0 Å². The summed E-state index contributed by atoms with van der Waals surface area (Å²) in [4.78, 5) is 27.9. The molecule has 2 rings (SSSR count). The summed E-state index contributed by atoms with van der Waals surface area (Å²) in [6.45, 7) is 5.76. The molecule has 0 radical (unpaired) electrons. The fourth-order valence-electron chi connectivity index (χ4n) is 3.12. The summed E-state index contributed by atoms with van der Waals surface area (Å²) in [7, 11) is 0. The number of carbonyl (C=O) groups is 2. The van der Waals surface area contributed by atoms with Gasteiger partial charge in [0.2, 0.25) is 11.8 Å². The molecule has 0 spiro atoms. The van der Waals surface area contributed by atoms with Gasteiger partial charge in [0.25, 0.3) is 0 Å². The molecule has 3 unspecified atom stereocenters. The number of hydrogen-bond donors (Lipinski definition) is 1. The van der Waals surface area contributed by atoms with E-state index in [4.69, 9.17) is 0 Å². The zero-order valence-electron chi connectivity index (χ0n) is 11.8. The maximum Gasteiger partial charge on any atom is 0.245 e. The molecule has 0 aromatic heterocycles. The molecule has 5 heteroatoms. The number of aliphatic hydroxyl groups is 1. The molecule has 2 aliphatic rings. The van der Waals surface area contributed by atoms with Gasteiger partial charge in [-0.3, -0.25) is 9.59 Å². The monoisotopic (exact) mass is 268 g/mol. The van der Waals surface area contributed by atoms with E-state index >= 15 is 0 Å². The van der Waals surface area contributed by atoms with E-state index in [0.29, 0.717) is 32.5 Å². The molecule has 0 aliphatic carbocycles. The summed E-state index contributed by atoms with van der Waals surface area (Å²) in [6.07, 6.45) is 2.58. The number of amides is 2. The van der Waals surface area contributed by atoms with Crippen molar-refractivity contribution in [3.05, 3.63) is 0 Å². The summed E-state index contributed by atoms with van der Waals surface area (Å²) in [6, 6.07) is -0.303. The summed E-state index contributed by atoms with van der Waals surface area (Å²) in [5, 5.41) is 9.60. The molecular formula is C14H24N2O3. The highest BCUT2D eigenvalue weighted by Gasteiger charge is 2.37. The first-order valence-corrected chi connectivity index (χ1v) is 7.31. The van der Waals surface area contributed by atoms with Crippen molar-refractivity contribution >= 4 is 11.8 Å². The van der Waals surface area contributed by atoms with E-state index in [9.17, 15) is 14.7 Å². The van der Waals surface area contributed by atoms with Crippen molar-refractivity contribution in [3.8, 4) is 0 Å². The van der Waals surface area contributed by atoms with Crippen LogP contribution in [0, 0.1) is 5.92 Å². The third-order valence-electron chi connectivity index (χ3n) is 4.38. The lowest BCUT2D eigenvalue weighted by atomic mass is 10.0. The molecule has 108 valence electrons.